The Morgan fingerprint density at radius 3 is 2.50 bits per heavy atom. The molecule has 0 unspecified atom stereocenters. The van der Waals surface area contributed by atoms with Gasteiger partial charge in [-0.15, -0.1) is 0 Å². The average Bonchev–Trinajstić information content (AvgIpc) is 3.69. The van der Waals surface area contributed by atoms with Crippen LogP contribution in [0.2, 0.25) is 0 Å². The Morgan fingerprint density at radius 1 is 1.16 bits per heavy atom. The number of hydrogen-bond donors (Lipinski definition) is 2. The lowest BCUT2D eigenvalue weighted by molar-refractivity contribution is -0.117. The molecule has 2 fully saturated rings. The van der Waals surface area contributed by atoms with Gasteiger partial charge < -0.3 is 10.6 Å². The highest BCUT2D eigenvalue weighted by molar-refractivity contribution is 7.92. The van der Waals surface area contributed by atoms with Crippen molar-refractivity contribution < 1.29 is 18.0 Å². The van der Waals surface area contributed by atoms with Crippen LogP contribution >= 0.6 is 0 Å². The molecule has 0 spiro atoms. The summed E-state index contributed by atoms with van der Waals surface area (Å²) in [5.74, 6) is 0.201. The zero-order valence-corrected chi connectivity index (χ0v) is 18.9. The van der Waals surface area contributed by atoms with E-state index >= 15 is 0 Å². The molecule has 8 heteroatoms. The molecule has 3 aliphatic rings. The quantitative estimate of drug-likeness (QED) is 0.703. The lowest BCUT2D eigenvalue weighted by atomic mass is 9.95. The van der Waals surface area contributed by atoms with Crippen LogP contribution in [0.1, 0.15) is 58.3 Å². The number of nitrogens with one attached hydrogen (secondary N) is 2. The Kier molecular flexibility index (Phi) is 4.74. The molecule has 0 aliphatic heterocycles. The molecule has 2 aromatic rings. The number of anilines is 1. The Labute approximate surface area is 187 Å². The van der Waals surface area contributed by atoms with Crippen LogP contribution in [-0.4, -0.2) is 38.5 Å². The molecule has 2 amide bonds. The SMILES string of the molecule is CNC(=O)c1cnc(NC(=O)C2CC2)c2c1C=C(c1ccccc1C1(S(C)(=O)=O)CC1)C2. The van der Waals surface area contributed by atoms with Gasteiger partial charge in [0.1, 0.15) is 5.82 Å². The van der Waals surface area contributed by atoms with E-state index in [1.165, 1.54) is 12.5 Å². The second kappa shape index (κ2) is 7.27. The summed E-state index contributed by atoms with van der Waals surface area (Å²) in [5, 5.41) is 5.58. The van der Waals surface area contributed by atoms with E-state index < -0.39 is 14.6 Å². The smallest absolute Gasteiger partial charge is 0.253 e. The summed E-state index contributed by atoms with van der Waals surface area (Å²) < 4.78 is 24.4. The molecule has 3 aliphatic carbocycles. The minimum Gasteiger partial charge on any atom is -0.355 e. The summed E-state index contributed by atoms with van der Waals surface area (Å²) in [6.45, 7) is 0. The second-order valence-electron chi connectivity index (χ2n) is 8.91. The van der Waals surface area contributed by atoms with Crippen LogP contribution in [-0.2, 0) is 25.8 Å². The first kappa shape index (κ1) is 20.9. The van der Waals surface area contributed by atoms with Crippen LogP contribution in [0.4, 0.5) is 5.82 Å². The van der Waals surface area contributed by atoms with Crippen molar-refractivity contribution >= 4 is 39.1 Å². The van der Waals surface area contributed by atoms with Gasteiger partial charge in [0.25, 0.3) is 5.91 Å². The molecule has 0 radical (unpaired) electrons. The number of benzene rings is 1. The van der Waals surface area contributed by atoms with Crippen molar-refractivity contribution in [1.29, 1.82) is 0 Å². The number of carbonyl (C=O) groups is 2. The summed E-state index contributed by atoms with van der Waals surface area (Å²) in [4.78, 5) is 29.3. The number of rotatable bonds is 6. The Hall–Kier alpha value is -3.00. The molecule has 1 heterocycles. The highest BCUT2D eigenvalue weighted by Gasteiger charge is 2.54. The lowest BCUT2D eigenvalue weighted by Crippen LogP contribution is -2.21. The van der Waals surface area contributed by atoms with Gasteiger partial charge in [0.2, 0.25) is 5.91 Å². The summed E-state index contributed by atoms with van der Waals surface area (Å²) in [6.07, 6.45) is 8.17. The van der Waals surface area contributed by atoms with Crippen LogP contribution in [0.15, 0.2) is 30.5 Å². The van der Waals surface area contributed by atoms with Gasteiger partial charge in [0.05, 0.1) is 10.3 Å². The molecule has 1 aromatic carbocycles. The molecule has 0 bridgehead atoms. The number of hydrogen-bond acceptors (Lipinski definition) is 5. The van der Waals surface area contributed by atoms with Gasteiger partial charge in [0.15, 0.2) is 9.84 Å². The van der Waals surface area contributed by atoms with E-state index in [0.717, 1.165) is 40.7 Å². The monoisotopic (exact) mass is 451 g/mol. The van der Waals surface area contributed by atoms with E-state index in [4.69, 9.17) is 0 Å². The highest BCUT2D eigenvalue weighted by atomic mass is 32.2. The van der Waals surface area contributed by atoms with Crippen molar-refractivity contribution in [3.8, 4) is 0 Å². The molecule has 1 aromatic heterocycles. The Bertz CT molecular complexity index is 1290. The molecule has 0 saturated heterocycles. The highest BCUT2D eigenvalue weighted by Crippen LogP contribution is 2.55. The van der Waals surface area contributed by atoms with Crippen molar-refractivity contribution in [3.05, 3.63) is 58.3 Å². The van der Waals surface area contributed by atoms with Crippen molar-refractivity contribution in [3.63, 3.8) is 0 Å². The van der Waals surface area contributed by atoms with E-state index in [1.54, 1.807) is 7.05 Å². The van der Waals surface area contributed by atoms with Gasteiger partial charge in [-0.05, 0) is 54.0 Å². The molecule has 2 saturated carbocycles. The summed E-state index contributed by atoms with van der Waals surface area (Å²) in [6, 6.07) is 7.59. The van der Waals surface area contributed by atoms with E-state index in [-0.39, 0.29) is 17.7 Å². The molecular weight excluding hydrogens is 426 g/mol. The second-order valence-corrected chi connectivity index (χ2v) is 11.2. The van der Waals surface area contributed by atoms with Gasteiger partial charge >= 0.3 is 0 Å². The predicted molar refractivity (Wildman–Crippen MR) is 123 cm³/mol. The van der Waals surface area contributed by atoms with Crippen LogP contribution < -0.4 is 10.6 Å². The maximum absolute atomic E-state index is 12.6. The van der Waals surface area contributed by atoms with E-state index in [1.807, 2.05) is 30.3 Å². The predicted octanol–water partition coefficient (Wildman–Crippen LogP) is 2.92. The van der Waals surface area contributed by atoms with Gasteiger partial charge in [-0.2, -0.15) is 0 Å². The fraction of sp³-hybridized carbons (Fsp3) is 0.375. The average molecular weight is 452 g/mol. The van der Waals surface area contributed by atoms with Crippen molar-refractivity contribution in [2.24, 2.45) is 5.92 Å². The third-order valence-electron chi connectivity index (χ3n) is 6.75. The normalized spacial score (nSPS) is 18.5. The molecule has 5 rings (SSSR count). The van der Waals surface area contributed by atoms with Crippen LogP contribution in [0.5, 0.6) is 0 Å². The topological polar surface area (TPSA) is 105 Å². The fourth-order valence-electron chi connectivity index (χ4n) is 4.60. The minimum atomic E-state index is -3.28. The van der Waals surface area contributed by atoms with E-state index in [9.17, 15) is 18.0 Å². The van der Waals surface area contributed by atoms with E-state index in [0.29, 0.717) is 30.6 Å². The van der Waals surface area contributed by atoms with Crippen molar-refractivity contribution in [2.45, 2.75) is 36.9 Å². The first-order valence-electron chi connectivity index (χ1n) is 10.8. The number of fused-ring (bicyclic) bond motifs is 1. The Morgan fingerprint density at radius 2 is 1.88 bits per heavy atom. The van der Waals surface area contributed by atoms with Crippen molar-refractivity contribution in [1.82, 2.24) is 10.3 Å². The zero-order valence-electron chi connectivity index (χ0n) is 18.1. The summed E-state index contributed by atoms with van der Waals surface area (Å²) in [7, 11) is -1.71. The minimum absolute atomic E-state index is 0.0325. The number of allylic oxidation sites excluding steroid dienone is 1. The lowest BCUT2D eigenvalue weighted by Gasteiger charge is -2.19. The van der Waals surface area contributed by atoms with Gasteiger partial charge in [-0.3, -0.25) is 9.59 Å². The molecule has 2 N–H and O–H groups in total. The zero-order chi connectivity index (χ0) is 22.7. The number of aromatic nitrogens is 1. The van der Waals surface area contributed by atoms with Crippen LogP contribution in [0, 0.1) is 5.92 Å². The number of sulfone groups is 1. The molecule has 166 valence electrons. The van der Waals surface area contributed by atoms with Crippen LogP contribution in [0.25, 0.3) is 11.6 Å². The number of amides is 2. The third-order valence-corrected chi connectivity index (χ3v) is 8.80. The maximum Gasteiger partial charge on any atom is 0.253 e. The largest absolute Gasteiger partial charge is 0.355 e. The van der Waals surface area contributed by atoms with Gasteiger partial charge in [0, 0.05) is 37.4 Å². The van der Waals surface area contributed by atoms with Gasteiger partial charge in [-0.25, -0.2) is 13.4 Å². The molecule has 32 heavy (non-hydrogen) atoms. The summed E-state index contributed by atoms with van der Waals surface area (Å²) in [5.41, 5.74) is 4.54. The van der Waals surface area contributed by atoms with Gasteiger partial charge in [-0.1, -0.05) is 24.3 Å². The van der Waals surface area contributed by atoms with Crippen LogP contribution in [0.3, 0.4) is 0 Å². The molecule has 0 atom stereocenters. The maximum atomic E-state index is 12.6. The standard InChI is InChI=1S/C24H25N3O4S/c1-25-23(29)19-13-26-21(27-22(28)14-7-8-14)18-12-15(11-17(18)19)16-5-3-4-6-20(16)24(9-10-24)32(2,30)31/h3-6,11,13-14H,7-10,12H2,1-2H3,(H,25,29)(H,26,27,28). The molecule has 7 nitrogen and oxygen atoms in total. The first-order valence-corrected chi connectivity index (χ1v) is 12.7. The van der Waals surface area contributed by atoms with E-state index in [2.05, 4.69) is 15.6 Å². The van der Waals surface area contributed by atoms with Crippen molar-refractivity contribution in [2.75, 3.05) is 18.6 Å². The fourth-order valence-corrected chi connectivity index (χ4v) is 6.02. The first-order chi connectivity index (χ1) is 15.2. The number of nitrogens with zero attached hydrogens (tertiary/aromatic N) is 1. The Balaban J connectivity index is 1.59. The number of pyridine rings is 1. The third kappa shape index (κ3) is 3.33. The molecular formula is C24H25N3O4S. The number of carbonyl (C=O) groups excluding carboxylic acids is 2. The summed E-state index contributed by atoms with van der Waals surface area (Å²) >= 11 is 0.